The number of ketones is 1. The molecule has 1 heterocycles. The van der Waals surface area contributed by atoms with Crippen molar-refractivity contribution in [2.75, 3.05) is 7.11 Å². The van der Waals surface area contributed by atoms with Gasteiger partial charge in [-0.05, 0) is 53.0 Å². The molecule has 0 radical (unpaired) electrons. The number of methoxy groups -OCH3 is 1. The second-order valence-corrected chi connectivity index (χ2v) is 6.42. The summed E-state index contributed by atoms with van der Waals surface area (Å²) in [5.41, 5.74) is 1.15. The molecule has 0 amide bonds. The zero-order valence-electron chi connectivity index (χ0n) is 10.9. The van der Waals surface area contributed by atoms with Gasteiger partial charge in [0.1, 0.15) is 5.75 Å². The summed E-state index contributed by atoms with van der Waals surface area (Å²) < 4.78 is 6.02. The molecule has 2 rings (SSSR count). The fourth-order valence-corrected chi connectivity index (χ4v) is 3.67. The third-order valence-corrected chi connectivity index (χ3v) is 4.84. The Kier molecular flexibility index (Phi) is 4.77. The van der Waals surface area contributed by atoms with E-state index >= 15 is 0 Å². The number of carbonyl (C=O) groups excluding carboxylic acids is 1. The molecule has 2 nitrogen and oxygen atoms in total. The van der Waals surface area contributed by atoms with Crippen LogP contribution in [-0.2, 0) is 6.42 Å². The van der Waals surface area contributed by atoms with E-state index in [9.17, 15) is 4.79 Å². The Morgan fingerprint density at radius 3 is 2.53 bits per heavy atom. The SMILES string of the molecule is COc1ccc(CCC(=O)c2sc(C)cc2Br)cc1. The Hall–Kier alpha value is -1.13. The minimum atomic E-state index is 0.195. The normalized spacial score (nSPS) is 10.5. The molecule has 0 saturated heterocycles. The Balaban J connectivity index is 1.98. The van der Waals surface area contributed by atoms with Crippen molar-refractivity contribution in [1.29, 1.82) is 0 Å². The predicted octanol–water partition coefficient (Wildman–Crippen LogP) is 4.64. The van der Waals surface area contributed by atoms with E-state index in [1.807, 2.05) is 37.3 Å². The second-order valence-electron chi connectivity index (χ2n) is 4.31. The van der Waals surface area contributed by atoms with Gasteiger partial charge in [0.25, 0.3) is 0 Å². The molecule has 1 aromatic heterocycles. The molecule has 0 aliphatic carbocycles. The zero-order valence-corrected chi connectivity index (χ0v) is 13.3. The van der Waals surface area contributed by atoms with Crippen LogP contribution in [0.4, 0.5) is 0 Å². The molecule has 0 aliphatic rings. The van der Waals surface area contributed by atoms with Crippen LogP contribution in [0.15, 0.2) is 34.8 Å². The number of rotatable bonds is 5. The van der Waals surface area contributed by atoms with Crippen LogP contribution in [0.5, 0.6) is 5.75 Å². The minimum Gasteiger partial charge on any atom is -0.497 e. The third kappa shape index (κ3) is 3.67. The van der Waals surface area contributed by atoms with E-state index in [0.717, 1.165) is 32.0 Å². The molecule has 2 aromatic rings. The summed E-state index contributed by atoms with van der Waals surface area (Å²) in [5, 5.41) is 0. The van der Waals surface area contributed by atoms with Crippen LogP contribution in [0.25, 0.3) is 0 Å². The van der Waals surface area contributed by atoms with Gasteiger partial charge in [-0.1, -0.05) is 12.1 Å². The topological polar surface area (TPSA) is 26.3 Å². The Morgan fingerprint density at radius 1 is 1.32 bits per heavy atom. The van der Waals surface area contributed by atoms with Gasteiger partial charge in [0.15, 0.2) is 5.78 Å². The quantitative estimate of drug-likeness (QED) is 0.742. The van der Waals surface area contributed by atoms with Crippen molar-refractivity contribution in [3.8, 4) is 5.75 Å². The van der Waals surface area contributed by atoms with E-state index in [-0.39, 0.29) is 5.78 Å². The molecule has 0 fully saturated rings. The highest BCUT2D eigenvalue weighted by molar-refractivity contribution is 9.10. The van der Waals surface area contributed by atoms with Crippen LogP contribution in [0.1, 0.15) is 26.5 Å². The molecule has 0 unspecified atom stereocenters. The van der Waals surface area contributed by atoms with Crippen molar-refractivity contribution < 1.29 is 9.53 Å². The van der Waals surface area contributed by atoms with Gasteiger partial charge in [-0.3, -0.25) is 4.79 Å². The summed E-state index contributed by atoms with van der Waals surface area (Å²) in [4.78, 5) is 14.1. The lowest BCUT2D eigenvalue weighted by Gasteiger charge is -2.03. The lowest BCUT2D eigenvalue weighted by atomic mass is 10.1. The summed E-state index contributed by atoms with van der Waals surface area (Å²) in [7, 11) is 1.65. The van der Waals surface area contributed by atoms with Crippen molar-refractivity contribution in [2.24, 2.45) is 0 Å². The fourth-order valence-electron chi connectivity index (χ4n) is 1.84. The first-order valence-corrected chi connectivity index (χ1v) is 7.63. The molecule has 0 saturated carbocycles. The lowest BCUT2D eigenvalue weighted by Crippen LogP contribution is -1.99. The van der Waals surface area contributed by atoms with Gasteiger partial charge in [0.05, 0.1) is 12.0 Å². The maximum absolute atomic E-state index is 12.1. The van der Waals surface area contributed by atoms with E-state index in [2.05, 4.69) is 15.9 Å². The number of ether oxygens (including phenoxy) is 1. The first-order valence-electron chi connectivity index (χ1n) is 6.02. The molecule has 0 N–H and O–H groups in total. The summed E-state index contributed by atoms with van der Waals surface area (Å²) in [5.74, 6) is 1.03. The maximum atomic E-state index is 12.1. The Bertz CT molecular complexity index is 572. The van der Waals surface area contributed by atoms with Gasteiger partial charge in [-0.25, -0.2) is 0 Å². The molecule has 1 aromatic carbocycles. The highest BCUT2D eigenvalue weighted by atomic mass is 79.9. The number of aryl methyl sites for hydroxylation is 2. The van der Waals surface area contributed by atoms with Crippen molar-refractivity contribution in [3.05, 3.63) is 50.1 Å². The van der Waals surface area contributed by atoms with Crippen molar-refractivity contribution >= 4 is 33.0 Å². The zero-order chi connectivity index (χ0) is 13.8. The standard InChI is InChI=1S/C15H15BrO2S/c1-10-9-13(16)15(19-10)14(17)8-5-11-3-6-12(18-2)7-4-11/h3-4,6-7,9H,5,8H2,1-2H3. The van der Waals surface area contributed by atoms with E-state index in [4.69, 9.17) is 4.74 Å². The van der Waals surface area contributed by atoms with Crippen LogP contribution in [-0.4, -0.2) is 12.9 Å². The number of thiophene rings is 1. The van der Waals surface area contributed by atoms with Crippen LogP contribution >= 0.6 is 27.3 Å². The number of benzene rings is 1. The molecule has 19 heavy (non-hydrogen) atoms. The van der Waals surface area contributed by atoms with E-state index in [0.29, 0.717) is 6.42 Å². The molecule has 0 aliphatic heterocycles. The fraction of sp³-hybridized carbons (Fsp3) is 0.267. The highest BCUT2D eigenvalue weighted by Crippen LogP contribution is 2.28. The second kappa shape index (κ2) is 6.35. The van der Waals surface area contributed by atoms with Gasteiger partial charge in [-0.15, -0.1) is 11.3 Å². The number of hydrogen-bond donors (Lipinski definition) is 0. The average Bonchev–Trinajstić information content (AvgIpc) is 2.75. The van der Waals surface area contributed by atoms with Crippen LogP contribution in [0.2, 0.25) is 0 Å². The van der Waals surface area contributed by atoms with Crippen LogP contribution in [0, 0.1) is 6.92 Å². The summed E-state index contributed by atoms with van der Waals surface area (Å²) in [6, 6.07) is 9.84. The number of Topliss-reactive ketones (excluding diaryl/α,β-unsaturated/α-hetero) is 1. The van der Waals surface area contributed by atoms with Crippen molar-refractivity contribution in [1.82, 2.24) is 0 Å². The van der Waals surface area contributed by atoms with Crippen molar-refractivity contribution in [2.45, 2.75) is 19.8 Å². The molecular weight excluding hydrogens is 324 g/mol. The van der Waals surface area contributed by atoms with E-state index in [1.54, 1.807) is 18.4 Å². The molecule has 0 atom stereocenters. The maximum Gasteiger partial charge on any atom is 0.174 e. The molecule has 0 bridgehead atoms. The average molecular weight is 339 g/mol. The number of halogens is 1. The highest BCUT2D eigenvalue weighted by Gasteiger charge is 2.13. The van der Waals surface area contributed by atoms with Gasteiger partial charge >= 0.3 is 0 Å². The molecular formula is C15H15BrO2S. The largest absolute Gasteiger partial charge is 0.497 e. The number of hydrogen-bond acceptors (Lipinski definition) is 3. The molecule has 100 valence electrons. The predicted molar refractivity (Wildman–Crippen MR) is 82.4 cm³/mol. The lowest BCUT2D eigenvalue weighted by molar-refractivity contribution is 0.0986. The van der Waals surface area contributed by atoms with Crippen LogP contribution in [0.3, 0.4) is 0 Å². The van der Waals surface area contributed by atoms with Gasteiger partial charge in [0.2, 0.25) is 0 Å². The van der Waals surface area contributed by atoms with E-state index < -0.39 is 0 Å². The van der Waals surface area contributed by atoms with E-state index in [1.165, 1.54) is 0 Å². The van der Waals surface area contributed by atoms with Crippen molar-refractivity contribution in [3.63, 3.8) is 0 Å². The summed E-state index contributed by atoms with van der Waals surface area (Å²) in [6.07, 6.45) is 1.29. The first-order chi connectivity index (χ1) is 9.10. The Labute approximate surface area is 125 Å². The van der Waals surface area contributed by atoms with Gasteiger partial charge in [-0.2, -0.15) is 0 Å². The Morgan fingerprint density at radius 2 is 2.00 bits per heavy atom. The van der Waals surface area contributed by atoms with Gasteiger partial charge in [0, 0.05) is 15.8 Å². The van der Waals surface area contributed by atoms with Crippen LogP contribution < -0.4 is 4.74 Å². The molecule has 0 spiro atoms. The first kappa shape index (κ1) is 14.3. The third-order valence-electron chi connectivity index (χ3n) is 2.86. The number of carbonyl (C=O) groups is 1. The summed E-state index contributed by atoms with van der Waals surface area (Å²) >= 11 is 4.98. The minimum absolute atomic E-state index is 0.195. The molecule has 4 heteroatoms. The van der Waals surface area contributed by atoms with Gasteiger partial charge < -0.3 is 4.74 Å². The smallest absolute Gasteiger partial charge is 0.174 e. The monoisotopic (exact) mass is 338 g/mol. The summed E-state index contributed by atoms with van der Waals surface area (Å²) in [6.45, 7) is 2.01.